The average molecular weight is 518 g/mol. The van der Waals surface area contributed by atoms with Crippen molar-refractivity contribution in [1.82, 2.24) is 20.0 Å². The van der Waals surface area contributed by atoms with Crippen LogP contribution in [0.15, 0.2) is 57.3 Å². The second-order valence-electron chi connectivity index (χ2n) is 9.17. The van der Waals surface area contributed by atoms with Crippen LogP contribution in [0.1, 0.15) is 56.0 Å². The SMILES string of the molecule is Cc1nn(-c2ccccc2)c(C)c1[C@@H]1C(C#N)=C(N)N(c2nnc(SC(C)C)s2)C2=C1C(=O)CCC2. The Bertz CT molecular complexity index is 1440. The number of nitriles is 1. The van der Waals surface area contributed by atoms with Gasteiger partial charge in [-0.15, -0.1) is 10.2 Å². The van der Waals surface area contributed by atoms with Crippen LogP contribution in [0, 0.1) is 25.2 Å². The number of benzene rings is 1. The molecule has 2 aliphatic rings. The lowest BCUT2D eigenvalue weighted by molar-refractivity contribution is -0.116. The van der Waals surface area contributed by atoms with Crippen molar-refractivity contribution >= 4 is 34.0 Å². The normalized spacial score (nSPS) is 18.2. The molecule has 0 saturated carbocycles. The number of rotatable bonds is 5. The molecule has 2 N–H and O–H groups in total. The van der Waals surface area contributed by atoms with Crippen LogP contribution in [-0.2, 0) is 4.79 Å². The Kier molecular flexibility index (Phi) is 6.45. The first-order chi connectivity index (χ1) is 17.3. The first kappa shape index (κ1) is 24.3. The van der Waals surface area contributed by atoms with Crippen molar-refractivity contribution in [1.29, 1.82) is 5.26 Å². The number of nitrogens with two attached hydrogens (primary N) is 1. The van der Waals surface area contributed by atoms with Gasteiger partial charge in [-0.25, -0.2) is 4.68 Å². The summed E-state index contributed by atoms with van der Waals surface area (Å²) in [7, 11) is 0. The molecule has 0 spiro atoms. The molecule has 0 unspecified atom stereocenters. The highest BCUT2D eigenvalue weighted by Gasteiger charge is 2.43. The summed E-state index contributed by atoms with van der Waals surface area (Å²) in [5.41, 5.74) is 11.9. The van der Waals surface area contributed by atoms with Gasteiger partial charge in [0.05, 0.1) is 28.9 Å². The molecule has 1 atom stereocenters. The number of ketones is 1. The molecule has 0 bridgehead atoms. The van der Waals surface area contributed by atoms with Crippen molar-refractivity contribution in [3.63, 3.8) is 0 Å². The molecule has 10 heteroatoms. The number of allylic oxidation sites excluding steroid dienone is 3. The van der Waals surface area contributed by atoms with Crippen LogP contribution in [0.25, 0.3) is 5.69 Å². The van der Waals surface area contributed by atoms with Crippen LogP contribution >= 0.6 is 23.1 Å². The zero-order valence-electron chi connectivity index (χ0n) is 20.6. The Hall–Kier alpha value is -3.42. The minimum atomic E-state index is -0.566. The smallest absolute Gasteiger partial charge is 0.219 e. The number of carbonyl (C=O) groups is 1. The Balaban J connectivity index is 1.70. The predicted octanol–water partition coefficient (Wildman–Crippen LogP) is 5.15. The van der Waals surface area contributed by atoms with Crippen molar-refractivity contribution < 1.29 is 4.79 Å². The molecule has 8 nitrogen and oxygen atoms in total. The van der Waals surface area contributed by atoms with Crippen molar-refractivity contribution in [2.45, 2.75) is 62.5 Å². The molecule has 1 aromatic carbocycles. The first-order valence-electron chi connectivity index (χ1n) is 11.9. The lowest BCUT2D eigenvalue weighted by atomic mass is 9.75. The fourth-order valence-corrected chi connectivity index (χ4v) is 7.13. The van der Waals surface area contributed by atoms with E-state index in [1.165, 1.54) is 11.3 Å². The van der Waals surface area contributed by atoms with Crippen LogP contribution in [0.4, 0.5) is 5.13 Å². The molecular formula is C26H27N7OS2. The van der Waals surface area contributed by atoms with Crippen LogP contribution < -0.4 is 10.6 Å². The van der Waals surface area contributed by atoms with Gasteiger partial charge < -0.3 is 5.73 Å². The third-order valence-electron chi connectivity index (χ3n) is 6.47. The summed E-state index contributed by atoms with van der Waals surface area (Å²) < 4.78 is 2.70. The van der Waals surface area contributed by atoms with Crippen molar-refractivity contribution in [3.8, 4) is 11.8 Å². The number of aryl methyl sites for hydroxylation is 1. The number of para-hydroxylation sites is 1. The van der Waals surface area contributed by atoms with E-state index in [0.717, 1.165) is 39.1 Å². The van der Waals surface area contributed by atoms with E-state index in [1.807, 2.05) is 48.9 Å². The molecule has 3 aromatic rings. The third-order valence-corrected chi connectivity index (χ3v) is 8.47. The number of Topliss-reactive ketones (excluding diaryl/α,β-unsaturated/α-hetero) is 1. The lowest BCUT2D eigenvalue weighted by Crippen LogP contribution is -2.39. The minimum Gasteiger partial charge on any atom is -0.384 e. The first-order valence-corrected chi connectivity index (χ1v) is 13.6. The van der Waals surface area contributed by atoms with Gasteiger partial charge in [0, 0.05) is 34.2 Å². The molecule has 1 aliphatic carbocycles. The summed E-state index contributed by atoms with van der Waals surface area (Å²) in [6.07, 6.45) is 1.84. The zero-order chi connectivity index (χ0) is 25.6. The summed E-state index contributed by atoms with van der Waals surface area (Å²) in [6, 6.07) is 12.2. The van der Waals surface area contributed by atoms with E-state index in [9.17, 15) is 10.1 Å². The third kappa shape index (κ3) is 4.02. The van der Waals surface area contributed by atoms with E-state index >= 15 is 0 Å². The Morgan fingerprint density at radius 2 is 1.94 bits per heavy atom. The summed E-state index contributed by atoms with van der Waals surface area (Å²) >= 11 is 3.05. The molecular weight excluding hydrogens is 490 g/mol. The predicted molar refractivity (Wildman–Crippen MR) is 142 cm³/mol. The molecule has 36 heavy (non-hydrogen) atoms. The van der Waals surface area contributed by atoms with Crippen molar-refractivity contribution in [3.05, 3.63) is 69.9 Å². The standard InChI is InChI=1S/C26H27N7OS2/c1-14(2)35-26-30-29-25(36-26)32-19-11-8-12-20(34)23(19)22(18(13-27)24(32)28)21-15(3)31-33(16(21)4)17-9-6-5-7-10-17/h5-7,9-10,14,22H,8,11-12,28H2,1-4H3/t22-/m0/s1. The molecule has 1 aliphatic heterocycles. The Labute approximate surface area is 218 Å². The molecule has 5 rings (SSSR count). The quantitative estimate of drug-likeness (QED) is 0.463. The Morgan fingerprint density at radius 1 is 1.19 bits per heavy atom. The average Bonchev–Trinajstić information content (AvgIpc) is 3.42. The number of carbonyl (C=O) groups excluding carboxylic acids is 1. The van der Waals surface area contributed by atoms with E-state index in [2.05, 4.69) is 30.1 Å². The van der Waals surface area contributed by atoms with E-state index in [1.54, 1.807) is 16.7 Å². The Morgan fingerprint density at radius 3 is 2.64 bits per heavy atom. The van der Waals surface area contributed by atoms with Gasteiger partial charge in [0.1, 0.15) is 5.82 Å². The molecule has 0 saturated heterocycles. The van der Waals surface area contributed by atoms with Crippen LogP contribution in [0.3, 0.4) is 0 Å². The van der Waals surface area contributed by atoms with E-state index in [0.29, 0.717) is 40.2 Å². The second kappa shape index (κ2) is 9.56. The number of thioether (sulfide) groups is 1. The molecule has 184 valence electrons. The van der Waals surface area contributed by atoms with Crippen LogP contribution in [-0.4, -0.2) is 31.0 Å². The summed E-state index contributed by atoms with van der Waals surface area (Å²) in [6.45, 7) is 8.10. The molecule has 0 fully saturated rings. The highest BCUT2D eigenvalue weighted by Crippen LogP contribution is 2.48. The van der Waals surface area contributed by atoms with Gasteiger partial charge in [0.15, 0.2) is 10.1 Å². The van der Waals surface area contributed by atoms with E-state index in [4.69, 9.17) is 10.8 Å². The number of anilines is 1. The van der Waals surface area contributed by atoms with Gasteiger partial charge in [-0.05, 0) is 38.8 Å². The number of hydrogen-bond acceptors (Lipinski definition) is 9. The number of hydrogen-bond donors (Lipinski definition) is 1. The van der Waals surface area contributed by atoms with Gasteiger partial charge in [0.2, 0.25) is 5.13 Å². The van der Waals surface area contributed by atoms with Crippen LogP contribution in [0.5, 0.6) is 0 Å². The molecule has 3 heterocycles. The molecule has 2 aromatic heterocycles. The van der Waals surface area contributed by atoms with Crippen molar-refractivity contribution in [2.75, 3.05) is 4.90 Å². The maximum Gasteiger partial charge on any atom is 0.219 e. The summed E-state index contributed by atoms with van der Waals surface area (Å²) in [5.74, 6) is -0.220. The lowest BCUT2D eigenvalue weighted by Gasteiger charge is -2.38. The molecule has 0 amide bonds. The topological polar surface area (TPSA) is 114 Å². The second-order valence-corrected chi connectivity index (χ2v) is 11.9. The summed E-state index contributed by atoms with van der Waals surface area (Å²) in [4.78, 5) is 15.3. The molecule has 0 radical (unpaired) electrons. The highest BCUT2D eigenvalue weighted by atomic mass is 32.2. The van der Waals surface area contributed by atoms with Crippen molar-refractivity contribution in [2.24, 2.45) is 5.73 Å². The fourth-order valence-electron chi connectivity index (χ4n) is 5.03. The number of aromatic nitrogens is 4. The fraction of sp³-hybridized carbons (Fsp3) is 0.346. The van der Waals surface area contributed by atoms with Gasteiger partial charge in [-0.1, -0.05) is 55.1 Å². The zero-order valence-corrected chi connectivity index (χ0v) is 22.3. The maximum absolute atomic E-state index is 13.5. The highest BCUT2D eigenvalue weighted by molar-refractivity contribution is 8.01. The number of nitrogens with zero attached hydrogens (tertiary/aromatic N) is 6. The van der Waals surface area contributed by atoms with Gasteiger partial charge in [-0.2, -0.15) is 10.4 Å². The van der Waals surface area contributed by atoms with Gasteiger partial charge in [-0.3, -0.25) is 9.69 Å². The largest absolute Gasteiger partial charge is 0.384 e. The van der Waals surface area contributed by atoms with E-state index in [-0.39, 0.29) is 5.78 Å². The monoisotopic (exact) mass is 517 g/mol. The van der Waals surface area contributed by atoms with Crippen LogP contribution in [0.2, 0.25) is 0 Å². The minimum absolute atomic E-state index is 0.0408. The van der Waals surface area contributed by atoms with E-state index < -0.39 is 5.92 Å². The maximum atomic E-state index is 13.5. The summed E-state index contributed by atoms with van der Waals surface area (Å²) in [5, 5.41) is 24.8. The van der Waals surface area contributed by atoms with Gasteiger partial charge in [0.25, 0.3) is 0 Å². The van der Waals surface area contributed by atoms with Gasteiger partial charge >= 0.3 is 0 Å².